The lowest BCUT2D eigenvalue weighted by atomic mass is 10.0. The number of hydrogen-bond donors (Lipinski definition) is 1. The van der Waals surface area contributed by atoms with Crippen LogP contribution in [0.5, 0.6) is 0 Å². The van der Waals surface area contributed by atoms with Gasteiger partial charge >= 0.3 is 0 Å². The predicted octanol–water partition coefficient (Wildman–Crippen LogP) is 2.77. The molecular weight excluding hydrogens is 241 g/mol. The number of amides is 1. The molecule has 17 heavy (non-hydrogen) atoms. The van der Waals surface area contributed by atoms with E-state index in [0.717, 1.165) is 0 Å². The molecule has 0 atom stereocenters. The van der Waals surface area contributed by atoms with E-state index in [-0.39, 0.29) is 17.4 Å². The highest BCUT2D eigenvalue weighted by atomic mass is 32.2. The van der Waals surface area contributed by atoms with Gasteiger partial charge in [-0.2, -0.15) is 0 Å². The maximum Gasteiger partial charge on any atom is 0.221 e. The molecule has 1 aromatic carbocycles. The predicted molar refractivity (Wildman–Crippen MR) is 65.1 cm³/mol. The highest BCUT2D eigenvalue weighted by Crippen LogP contribution is 2.38. The second-order valence-corrected chi connectivity index (χ2v) is 5.04. The van der Waals surface area contributed by atoms with Crippen molar-refractivity contribution < 1.29 is 14.0 Å². The Bertz CT molecular complexity index is 514. The van der Waals surface area contributed by atoms with Crippen molar-refractivity contribution in [2.45, 2.75) is 25.2 Å². The van der Waals surface area contributed by atoms with Crippen molar-refractivity contribution in [3.05, 3.63) is 23.0 Å². The second kappa shape index (κ2) is 4.49. The lowest BCUT2D eigenvalue weighted by Crippen LogP contribution is -2.16. The number of Topliss-reactive ketones (excluding diaryl/α,β-unsaturated/α-hetero) is 1. The largest absolute Gasteiger partial charge is 0.326 e. The average Bonchev–Trinajstić information content (AvgIpc) is 2.24. The van der Waals surface area contributed by atoms with Crippen molar-refractivity contribution in [3.63, 3.8) is 0 Å². The van der Waals surface area contributed by atoms with Crippen molar-refractivity contribution in [2.75, 3.05) is 11.1 Å². The van der Waals surface area contributed by atoms with E-state index < -0.39 is 5.82 Å². The van der Waals surface area contributed by atoms with Crippen LogP contribution < -0.4 is 5.32 Å². The third-order valence-electron chi connectivity index (χ3n) is 2.63. The Kier molecular flexibility index (Phi) is 3.19. The van der Waals surface area contributed by atoms with Crippen LogP contribution in [0.4, 0.5) is 10.1 Å². The van der Waals surface area contributed by atoms with Crippen molar-refractivity contribution in [2.24, 2.45) is 0 Å². The molecule has 1 aliphatic rings. The summed E-state index contributed by atoms with van der Waals surface area (Å²) in [5.41, 5.74) is 1.22. The van der Waals surface area contributed by atoms with E-state index in [9.17, 15) is 14.0 Å². The van der Waals surface area contributed by atoms with Gasteiger partial charge in [0.15, 0.2) is 5.78 Å². The SMILES string of the molecule is CC(=O)Nc1cc(F)c(C)c2c1C(=O)CCS2. The summed E-state index contributed by atoms with van der Waals surface area (Å²) in [6.45, 7) is 2.99. The molecule has 3 nitrogen and oxygen atoms in total. The number of benzene rings is 1. The zero-order valence-electron chi connectivity index (χ0n) is 9.59. The number of anilines is 1. The van der Waals surface area contributed by atoms with E-state index in [1.165, 1.54) is 24.8 Å². The minimum atomic E-state index is -0.394. The minimum absolute atomic E-state index is 0.0365. The average molecular weight is 253 g/mol. The number of nitrogens with one attached hydrogen (secondary N) is 1. The van der Waals surface area contributed by atoms with Gasteiger partial charge in [0.25, 0.3) is 0 Å². The summed E-state index contributed by atoms with van der Waals surface area (Å²) in [4.78, 5) is 23.6. The topological polar surface area (TPSA) is 46.2 Å². The smallest absolute Gasteiger partial charge is 0.221 e. The number of carbonyl (C=O) groups excluding carboxylic acids is 2. The van der Waals surface area contributed by atoms with Gasteiger partial charge in [0.2, 0.25) is 5.91 Å². The molecule has 90 valence electrons. The van der Waals surface area contributed by atoms with Gasteiger partial charge in [-0.25, -0.2) is 4.39 Å². The third kappa shape index (κ3) is 2.20. The Morgan fingerprint density at radius 2 is 2.24 bits per heavy atom. The van der Waals surface area contributed by atoms with E-state index in [2.05, 4.69) is 5.32 Å². The van der Waals surface area contributed by atoms with Crippen LogP contribution in [0, 0.1) is 12.7 Å². The second-order valence-electron chi connectivity index (χ2n) is 3.94. The first-order valence-corrected chi connectivity index (χ1v) is 6.26. The molecule has 0 bridgehead atoms. The van der Waals surface area contributed by atoms with Crippen LogP contribution in [0.15, 0.2) is 11.0 Å². The zero-order valence-corrected chi connectivity index (χ0v) is 10.4. The molecular formula is C12H12FNO2S. The lowest BCUT2D eigenvalue weighted by Gasteiger charge is -2.20. The molecule has 0 fully saturated rings. The van der Waals surface area contributed by atoms with Crippen LogP contribution in [0.25, 0.3) is 0 Å². The quantitative estimate of drug-likeness (QED) is 0.837. The van der Waals surface area contributed by atoms with E-state index >= 15 is 0 Å². The van der Waals surface area contributed by atoms with Gasteiger partial charge in [-0.05, 0) is 18.6 Å². The number of fused-ring (bicyclic) bond motifs is 1. The molecule has 0 spiro atoms. The highest BCUT2D eigenvalue weighted by Gasteiger charge is 2.25. The number of halogens is 1. The molecule has 1 aromatic rings. The van der Waals surface area contributed by atoms with Gasteiger partial charge < -0.3 is 5.32 Å². The Balaban J connectivity index is 2.63. The number of ketones is 1. The monoisotopic (exact) mass is 253 g/mol. The maximum atomic E-state index is 13.7. The summed E-state index contributed by atoms with van der Waals surface area (Å²) in [5, 5.41) is 2.52. The number of thioether (sulfide) groups is 1. The first kappa shape index (κ1) is 12.1. The van der Waals surface area contributed by atoms with Crippen LogP contribution in [0.1, 0.15) is 29.3 Å². The van der Waals surface area contributed by atoms with Gasteiger partial charge in [-0.3, -0.25) is 9.59 Å². The minimum Gasteiger partial charge on any atom is -0.326 e. The first-order chi connectivity index (χ1) is 8.00. The van der Waals surface area contributed by atoms with Gasteiger partial charge in [0.1, 0.15) is 5.82 Å². The van der Waals surface area contributed by atoms with Crippen LogP contribution >= 0.6 is 11.8 Å². The molecule has 0 aliphatic carbocycles. The Morgan fingerprint density at radius 3 is 2.88 bits per heavy atom. The summed E-state index contributed by atoms with van der Waals surface area (Å²) < 4.78 is 13.7. The molecule has 0 unspecified atom stereocenters. The van der Waals surface area contributed by atoms with Crippen LogP contribution in [-0.4, -0.2) is 17.4 Å². The molecule has 2 rings (SSSR count). The molecule has 0 saturated heterocycles. The first-order valence-electron chi connectivity index (χ1n) is 5.27. The summed E-state index contributed by atoms with van der Waals surface area (Å²) >= 11 is 1.46. The molecule has 0 saturated carbocycles. The van der Waals surface area contributed by atoms with Gasteiger partial charge in [-0.15, -0.1) is 11.8 Å². The Hall–Kier alpha value is -1.36. The third-order valence-corrected chi connectivity index (χ3v) is 3.84. The normalized spacial score (nSPS) is 14.4. The standard InChI is InChI=1S/C12H12FNO2S/c1-6-8(13)5-9(14-7(2)15)11-10(16)3-4-17-12(6)11/h5H,3-4H2,1-2H3,(H,14,15). The molecule has 0 radical (unpaired) electrons. The fourth-order valence-corrected chi connectivity index (χ4v) is 3.02. The lowest BCUT2D eigenvalue weighted by molar-refractivity contribution is -0.114. The van der Waals surface area contributed by atoms with Gasteiger partial charge in [0, 0.05) is 24.0 Å². The number of carbonyl (C=O) groups is 2. The molecule has 5 heteroatoms. The van der Waals surface area contributed by atoms with E-state index in [4.69, 9.17) is 0 Å². The molecule has 1 heterocycles. The fraction of sp³-hybridized carbons (Fsp3) is 0.333. The summed E-state index contributed by atoms with van der Waals surface area (Å²) in [6, 6.07) is 1.22. The van der Waals surface area contributed by atoms with Gasteiger partial charge in [-0.1, -0.05) is 0 Å². The summed E-state index contributed by atoms with van der Waals surface area (Å²) in [6.07, 6.45) is 0.426. The van der Waals surface area contributed by atoms with E-state index in [0.29, 0.717) is 28.2 Å². The number of hydrogen-bond acceptors (Lipinski definition) is 3. The fourth-order valence-electron chi connectivity index (χ4n) is 1.84. The van der Waals surface area contributed by atoms with Crippen molar-refractivity contribution in [1.82, 2.24) is 0 Å². The Labute approximate surface area is 103 Å². The van der Waals surface area contributed by atoms with Crippen molar-refractivity contribution in [1.29, 1.82) is 0 Å². The van der Waals surface area contributed by atoms with E-state index in [1.807, 2.05) is 0 Å². The van der Waals surface area contributed by atoms with Gasteiger partial charge in [0.05, 0.1) is 11.3 Å². The zero-order chi connectivity index (χ0) is 12.6. The van der Waals surface area contributed by atoms with Crippen molar-refractivity contribution in [3.8, 4) is 0 Å². The Morgan fingerprint density at radius 1 is 1.53 bits per heavy atom. The molecule has 1 amide bonds. The van der Waals surface area contributed by atoms with Crippen LogP contribution in [-0.2, 0) is 4.79 Å². The molecule has 0 aromatic heterocycles. The number of rotatable bonds is 1. The van der Waals surface area contributed by atoms with E-state index in [1.54, 1.807) is 6.92 Å². The molecule has 1 N–H and O–H groups in total. The van der Waals surface area contributed by atoms with Crippen LogP contribution in [0.2, 0.25) is 0 Å². The van der Waals surface area contributed by atoms with Crippen LogP contribution in [0.3, 0.4) is 0 Å². The highest BCUT2D eigenvalue weighted by molar-refractivity contribution is 7.99. The summed E-state index contributed by atoms with van der Waals surface area (Å²) in [7, 11) is 0. The van der Waals surface area contributed by atoms with Crippen molar-refractivity contribution >= 4 is 29.1 Å². The maximum absolute atomic E-state index is 13.7. The summed E-state index contributed by atoms with van der Waals surface area (Å²) in [5.74, 6) is -0.0746. The molecule has 1 aliphatic heterocycles.